The van der Waals surface area contributed by atoms with Crippen LogP contribution in [0.5, 0.6) is 5.88 Å². The highest BCUT2D eigenvalue weighted by atomic mass is 16.5. The Bertz CT molecular complexity index is 975. The van der Waals surface area contributed by atoms with E-state index in [1.165, 1.54) is 16.8 Å². The minimum atomic E-state index is 0.432. The summed E-state index contributed by atoms with van der Waals surface area (Å²) in [5, 5.41) is 4.35. The normalized spacial score (nSPS) is 18.9. The zero-order valence-corrected chi connectivity index (χ0v) is 16.1. The van der Waals surface area contributed by atoms with Crippen LogP contribution in [0.3, 0.4) is 0 Å². The van der Waals surface area contributed by atoms with Crippen LogP contribution in [0.4, 0.5) is 5.69 Å². The highest BCUT2D eigenvalue weighted by Gasteiger charge is 2.21. The molecule has 4 rings (SSSR count). The van der Waals surface area contributed by atoms with Crippen molar-refractivity contribution in [3.63, 3.8) is 0 Å². The van der Waals surface area contributed by atoms with E-state index in [1.54, 1.807) is 4.68 Å². The standard InChI is InChI=1S/C23H25N3O/c1-16-13-20-8-4-5-10-21(20)24-22(16)19-9-6-7-18(11-12-19)15-27-23-17(2)14-26(3)25-23/h4-8,10-12,14,16H,9,13,15H2,1-3H3. The number of rotatable bonds is 4. The van der Waals surface area contributed by atoms with Crippen LogP contribution in [0.25, 0.3) is 0 Å². The summed E-state index contributed by atoms with van der Waals surface area (Å²) in [6.07, 6.45) is 12.6. The Morgan fingerprint density at radius 2 is 2.07 bits per heavy atom. The van der Waals surface area contributed by atoms with Crippen molar-refractivity contribution in [2.24, 2.45) is 18.0 Å². The number of fused-ring (bicyclic) bond motifs is 1. The Kier molecular flexibility index (Phi) is 4.80. The highest BCUT2D eigenvalue weighted by Crippen LogP contribution is 2.32. The molecule has 138 valence electrons. The molecule has 1 aromatic heterocycles. The van der Waals surface area contributed by atoms with Crippen molar-refractivity contribution in [1.29, 1.82) is 0 Å². The summed E-state index contributed by atoms with van der Waals surface area (Å²) in [5.74, 6) is 1.13. The van der Waals surface area contributed by atoms with Crippen molar-refractivity contribution in [3.8, 4) is 5.88 Å². The Hall–Kier alpha value is -2.88. The Morgan fingerprint density at radius 3 is 2.89 bits per heavy atom. The number of hydrogen-bond donors (Lipinski definition) is 0. The average molecular weight is 359 g/mol. The number of aryl methyl sites for hydroxylation is 2. The van der Waals surface area contributed by atoms with E-state index < -0.39 is 0 Å². The Balaban J connectivity index is 1.53. The molecule has 1 unspecified atom stereocenters. The predicted molar refractivity (Wildman–Crippen MR) is 110 cm³/mol. The molecule has 1 aromatic carbocycles. The van der Waals surface area contributed by atoms with Crippen LogP contribution in [0.15, 0.2) is 70.9 Å². The third-order valence-corrected chi connectivity index (χ3v) is 5.06. The molecule has 2 aromatic rings. The molecule has 0 spiro atoms. The van der Waals surface area contributed by atoms with E-state index in [9.17, 15) is 0 Å². The van der Waals surface area contributed by atoms with Crippen molar-refractivity contribution in [1.82, 2.24) is 9.78 Å². The molecule has 4 nitrogen and oxygen atoms in total. The summed E-state index contributed by atoms with van der Waals surface area (Å²) in [7, 11) is 1.91. The van der Waals surface area contributed by atoms with Crippen molar-refractivity contribution < 1.29 is 4.74 Å². The summed E-state index contributed by atoms with van der Waals surface area (Å²) in [6.45, 7) is 4.79. The summed E-state index contributed by atoms with van der Waals surface area (Å²) in [4.78, 5) is 4.97. The van der Waals surface area contributed by atoms with Crippen molar-refractivity contribution in [2.75, 3.05) is 6.61 Å². The Morgan fingerprint density at radius 1 is 1.22 bits per heavy atom. The lowest BCUT2D eigenvalue weighted by Crippen LogP contribution is -2.19. The van der Waals surface area contributed by atoms with Gasteiger partial charge in [0, 0.05) is 30.4 Å². The van der Waals surface area contributed by atoms with Crippen LogP contribution < -0.4 is 4.74 Å². The largest absolute Gasteiger partial charge is 0.472 e. The lowest BCUT2D eigenvalue weighted by atomic mass is 9.87. The molecule has 1 atom stereocenters. The fraction of sp³-hybridized carbons (Fsp3) is 0.304. The van der Waals surface area contributed by atoms with Crippen LogP contribution in [-0.4, -0.2) is 22.1 Å². The van der Waals surface area contributed by atoms with Gasteiger partial charge in [0.25, 0.3) is 0 Å². The highest BCUT2D eigenvalue weighted by molar-refractivity contribution is 6.05. The van der Waals surface area contributed by atoms with Crippen LogP contribution in [-0.2, 0) is 13.5 Å². The van der Waals surface area contributed by atoms with Gasteiger partial charge < -0.3 is 4.74 Å². The number of nitrogens with zero attached hydrogens (tertiary/aromatic N) is 3. The van der Waals surface area contributed by atoms with E-state index in [0.29, 0.717) is 18.4 Å². The summed E-state index contributed by atoms with van der Waals surface area (Å²) >= 11 is 0. The molecule has 0 bridgehead atoms. The summed E-state index contributed by atoms with van der Waals surface area (Å²) in [5.41, 5.74) is 7.14. The second-order valence-electron chi connectivity index (χ2n) is 7.35. The Labute approximate surface area is 160 Å². The van der Waals surface area contributed by atoms with Gasteiger partial charge >= 0.3 is 0 Å². The summed E-state index contributed by atoms with van der Waals surface area (Å²) in [6, 6.07) is 8.45. The first-order chi connectivity index (χ1) is 13.1. The van der Waals surface area contributed by atoms with Gasteiger partial charge in [-0.1, -0.05) is 49.4 Å². The van der Waals surface area contributed by atoms with Gasteiger partial charge in [-0.05, 0) is 42.5 Å². The van der Waals surface area contributed by atoms with Gasteiger partial charge in [0.2, 0.25) is 5.88 Å². The number of ether oxygens (including phenoxy) is 1. The third-order valence-electron chi connectivity index (χ3n) is 5.06. The van der Waals surface area contributed by atoms with Gasteiger partial charge in [0.1, 0.15) is 6.61 Å². The first-order valence-electron chi connectivity index (χ1n) is 9.46. The first kappa shape index (κ1) is 17.5. The molecule has 0 fully saturated rings. The quantitative estimate of drug-likeness (QED) is 0.780. The molecule has 0 radical (unpaired) electrons. The van der Waals surface area contributed by atoms with Gasteiger partial charge in [-0.3, -0.25) is 9.67 Å². The molecule has 4 heteroatoms. The van der Waals surface area contributed by atoms with E-state index in [-0.39, 0.29) is 0 Å². The molecule has 2 heterocycles. The molecular weight excluding hydrogens is 334 g/mol. The third kappa shape index (κ3) is 3.80. The fourth-order valence-electron chi connectivity index (χ4n) is 3.68. The van der Waals surface area contributed by atoms with E-state index in [2.05, 4.69) is 60.6 Å². The predicted octanol–water partition coefficient (Wildman–Crippen LogP) is 4.88. The van der Waals surface area contributed by atoms with Crippen LogP contribution in [0.2, 0.25) is 0 Å². The van der Waals surface area contributed by atoms with Gasteiger partial charge in [-0.25, -0.2) is 0 Å². The molecule has 1 aliphatic carbocycles. The van der Waals surface area contributed by atoms with E-state index >= 15 is 0 Å². The molecule has 0 N–H and O–H groups in total. The van der Waals surface area contributed by atoms with Gasteiger partial charge in [0.15, 0.2) is 0 Å². The maximum atomic E-state index is 5.89. The average Bonchev–Trinajstić information content (AvgIpc) is 2.83. The van der Waals surface area contributed by atoms with Gasteiger partial charge in [-0.15, -0.1) is 5.10 Å². The maximum absolute atomic E-state index is 5.89. The number of para-hydroxylation sites is 1. The van der Waals surface area contributed by atoms with Gasteiger partial charge in [-0.2, -0.15) is 0 Å². The molecule has 0 amide bonds. The minimum Gasteiger partial charge on any atom is -0.472 e. The number of aromatic nitrogens is 2. The number of benzene rings is 1. The molecule has 2 aliphatic rings. The molecular formula is C23H25N3O. The topological polar surface area (TPSA) is 39.4 Å². The zero-order chi connectivity index (χ0) is 18.8. The smallest absolute Gasteiger partial charge is 0.236 e. The summed E-state index contributed by atoms with van der Waals surface area (Å²) < 4.78 is 7.67. The number of aliphatic imine (C=N–C) groups is 1. The van der Waals surface area contributed by atoms with Crippen LogP contribution in [0, 0.1) is 12.8 Å². The fourth-order valence-corrected chi connectivity index (χ4v) is 3.68. The minimum absolute atomic E-state index is 0.432. The van der Waals surface area contributed by atoms with E-state index in [1.807, 2.05) is 20.2 Å². The number of hydrogen-bond acceptors (Lipinski definition) is 3. The maximum Gasteiger partial charge on any atom is 0.236 e. The SMILES string of the molecule is Cc1cn(C)nc1OCC1=CC=C(C2=Nc3ccccc3CC2C)CC=C1. The van der Waals surface area contributed by atoms with Crippen LogP contribution in [0.1, 0.15) is 24.5 Å². The molecule has 0 saturated carbocycles. The lowest BCUT2D eigenvalue weighted by Gasteiger charge is -2.23. The van der Waals surface area contributed by atoms with E-state index in [0.717, 1.165) is 29.7 Å². The number of allylic oxidation sites excluding steroid dienone is 4. The monoisotopic (exact) mass is 359 g/mol. The molecule has 0 saturated heterocycles. The van der Waals surface area contributed by atoms with Crippen molar-refractivity contribution in [3.05, 3.63) is 77.0 Å². The second-order valence-corrected chi connectivity index (χ2v) is 7.35. The first-order valence-corrected chi connectivity index (χ1v) is 9.46. The lowest BCUT2D eigenvalue weighted by molar-refractivity contribution is 0.335. The second kappa shape index (κ2) is 7.39. The zero-order valence-electron chi connectivity index (χ0n) is 16.1. The van der Waals surface area contributed by atoms with Crippen molar-refractivity contribution in [2.45, 2.75) is 26.7 Å². The molecule has 27 heavy (non-hydrogen) atoms. The van der Waals surface area contributed by atoms with E-state index in [4.69, 9.17) is 9.73 Å². The van der Waals surface area contributed by atoms with Crippen molar-refractivity contribution >= 4 is 11.4 Å². The van der Waals surface area contributed by atoms with Crippen LogP contribution >= 0.6 is 0 Å². The van der Waals surface area contributed by atoms with Gasteiger partial charge in [0.05, 0.1) is 5.69 Å². The molecule has 1 aliphatic heterocycles.